The van der Waals surface area contributed by atoms with Crippen molar-refractivity contribution in [1.82, 2.24) is 13.9 Å². The largest absolute Gasteiger partial charge is 0.513 e. The van der Waals surface area contributed by atoms with Crippen LogP contribution in [-0.2, 0) is 19.3 Å². The molecule has 146 valence electrons. The van der Waals surface area contributed by atoms with Crippen molar-refractivity contribution in [2.75, 3.05) is 0 Å². The zero-order chi connectivity index (χ0) is 20.3. The molecular formula is C18H19BClN3O4S. The van der Waals surface area contributed by atoms with Gasteiger partial charge >= 0.3 is 7.12 Å². The van der Waals surface area contributed by atoms with E-state index >= 15 is 0 Å². The van der Waals surface area contributed by atoms with Gasteiger partial charge in [0.05, 0.1) is 27.1 Å². The summed E-state index contributed by atoms with van der Waals surface area (Å²) in [6.07, 6.45) is 1.23. The second kappa shape index (κ2) is 6.28. The highest BCUT2D eigenvalue weighted by Crippen LogP contribution is 2.37. The highest BCUT2D eigenvalue weighted by Gasteiger charge is 2.53. The highest BCUT2D eigenvalue weighted by atomic mass is 35.5. The predicted octanol–water partition coefficient (Wildman–Crippen LogP) is 2.62. The topological polar surface area (TPSA) is 83.3 Å². The molecule has 0 radical (unpaired) electrons. The summed E-state index contributed by atoms with van der Waals surface area (Å²) in [7, 11) is -4.88. The molecule has 1 saturated heterocycles. The van der Waals surface area contributed by atoms with Crippen LogP contribution in [-0.4, -0.2) is 40.7 Å². The highest BCUT2D eigenvalue weighted by molar-refractivity contribution is 7.90. The van der Waals surface area contributed by atoms with Crippen molar-refractivity contribution in [2.24, 2.45) is 0 Å². The van der Waals surface area contributed by atoms with E-state index in [2.05, 4.69) is 9.97 Å². The van der Waals surface area contributed by atoms with Crippen molar-refractivity contribution >= 4 is 45.4 Å². The number of fused-ring (bicyclic) bond motifs is 1. The minimum absolute atomic E-state index is 0.125. The van der Waals surface area contributed by atoms with Gasteiger partial charge in [-0.05, 0) is 45.9 Å². The Morgan fingerprint density at radius 2 is 1.64 bits per heavy atom. The molecule has 3 heterocycles. The minimum Gasteiger partial charge on any atom is -0.398 e. The van der Waals surface area contributed by atoms with Gasteiger partial charge in [0.15, 0.2) is 5.65 Å². The number of nitrogens with zero attached hydrogens (tertiary/aromatic N) is 3. The average molecular weight is 420 g/mol. The Bertz CT molecular complexity index is 1150. The van der Waals surface area contributed by atoms with Crippen molar-refractivity contribution in [1.29, 1.82) is 0 Å². The van der Waals surface area contributed by atoms with Gasteiger partial charge in [-0.2, -0.15) is 0 Å². The second-order valence-corrected chi connectivity index (χ2v) is 9.79. The Hall–Kier alpha value is -1.94. The molecule has 10 heteroatoms. The SMILES string of the molecule is CC1(C)OB(c2cc3c(Cl)ncnc3n2S(=O)(=O)c2ccccc2)OC1(C)C. The molecule has 2 aromatic heterocycles. The Balaban J connectivity index is 1.99. The van der Waals surface area contributed by atoms with Gasteiger partial charge in [0.25, 0.3) is 10.0 Å². The van der Waals surface area contributed by atoms with Crippen LogP contribution in [0.3, 0.4) is 0 Å². The van der Waals surface area contributed by atoms with Crippen LogP contribution < -0.4 is 5.59 Å². The summed E-state index contributed by atoms with van der Waals surface area (Å²) in [5.74, 6) is 0. The maximum Gasteiger partial charge on any atom is 0.513 e. The molecule has 1 aliphatic rings. The first-order chi connectivity index (χ1) is 13.0. The lowest BCUT2D eigenvalue weighted by atomic mass is 9.85. The van der Waals surface area contributed by atoms with E-state index in [1.165, 1.54) is 18.5 Å². The number of benzene rings is 1. The third-order valence-electron chi connectivity index (χ3n) is 5.31. The molecule has 0 amide bonds. The van der Waals surface area contributed by atoms with Crippen LogP contribution in [0.15, 0.2) is 47.6 Å². The quantitative estimate of drug-likeness (QED) is 0.479. The fourth-order valence-electron chi connectivity index (χ4n) is 3.06. The number of aromatic nitrogens is 3. The van der Waals surface area contributed by atoms with Gasteiger partial charge in [0.2, 0.25) is 0 Å². The van der Waals surface area contributed by atoms with E-state index in [-0.39, 0.29) is 15.7 Å². The molecule has 7 nitrogen and oxygen atoms in total. The van der Waals surface area contributed by atoms with Gasteiger partial charge in [0.1, 0.15) is 11.5 Å². The Morgan fingerprint density at radius 3 is 2.25 bits per heavy atom. The Morgan fingerprint density at radius 1 is 1.04 bits per heavy atom. The zero-order valence-corrected chi connectivity index (χ0v) is 17.5. The van der Waals surface area contributed by atoms with Crippen LogP contribution in [0.5, 0.6) is 0 Å². The van der Waals surface area contributed by atoms with E-state index in [0.29, 0.717) is 11.0 Å². The Labute approximate surface area is 168 Å². The van der Waals surface area contributed by atoms with Gasteiger partial charge in [-0.3, -0.25) is 0 Å². The molecule has 0 spiro atoms. The van der Waals surface area contributed by atoms with E-state index in [0.717, 1.165) is 3.97 Å². The first-order valence-electron chi connectivity index (χ1n) is 8.73. The fourth-order valence-corrected chi connectivity index (χ4v) is 4.74. The van der Waals surface area contributed by atoms with E-state index in [4.69, 9.17) is 20.9 Å². The van der Waals surface area contributed by atoms with Crippen molar-refractivity contribution in [3.8, 4) is 0 Å². The zero-order valence-electron chi connectivity index (χ0n) is 15.9. The van der Waals surface area contributed by atoms with Gasteiger partial charge in [-0.25, -0.2) is 22.4 Å². The molecule has 0 saturated carbocycles. The van der Waals surface area contributed by atoms with Crippen molar-refractivity contribution < 1.29 is 17.7 Å². The normalized spacial score (nSPS) is 18.7. The van der Waals surface area contributed by atoms with Gasteiger partial charge in [0, 0.05) is 0 Å². The first-order valence-corrected chi connectivity index (χ1v) is 10.5. The van der Waals surface area contributed by atoms with E-state index in [1.807, 2.05) is 27.7 Å². The Kier molecular flexibility index (Phi) is 4.35. The maximum atomic E-state index is 13.5. The van der Waals surface area contributed by atoms with Crippen molar-refractivity contribution in [2.45, 2.75) is 43.8 Å². The molecule has 0 aliphatic carbocycles. The second-order valence-electron chi connectivity index (χ2n) is 7.64. The third-order valence-corrected chi connectivity index (χ3v) is 7.34. The van der Waals surface area contributed by atoms with Crippen molar-refractivity contribution in [3.63, 3.8) is 0 Å². The average Bonchev–Trinajstić information content (AvgIpc) is 3.12. The van der Waals surface area contributed by atoms with Crippen LogP contribution in [0.2, 0.25) is 5.15 Å². The molecule has 1 aromatic carbocycles. The van der Waals surface area contributed by atoms with Crippen LogP contribution in [0.4, 0.5) is 0 Å². The van der Waals surface area contributed by atoms with Crippen LogP contribution in [0.1, 0.15) is 27.7 Å². The van der Waals surface area contributed by atoms with Crippen LogP contribution in [0, 0.1) is 0 Å². The molecule has 3 aromatic rings. The molecule has 28 heavy (non-hydrogen) atoms. The summed E-state index contributed by atoms with van der Waals surface area (Å²) < 4.78 is 40.3. The van der Waals surface area contributed by atoms with E-state index in [9.17, 15) is 8.42 Å². The number of halogens is 1. The molecule has 0 N–H and O–H groups in total. The lowest BCUT2D eigenvalue weighted by Crippen LogP contribution is -2.41. The molecule has 4 rings (SSSR count). The lowest BCUT2D eigenvalue weighted by molar-refractivity contribution is 0.00578. The third kappa shape index (κ3) is 2.85. The molecule has 0 bridgehead atoms. The lowest BCUT2D eigenvalue weighted by Gasteiger charge is -2.32. The number of hydrogen-bond acceptors (Lipinski definition) is 6. The van der Waals surface area contributed by atoms with Crippen LogP contribution in [0.25, 0.3) is 11.0 Å². The summed E-state index contributed by atoms with van der Waals surface area (Å²) in [5, 5.41) is 0.568. The van der Waals surface area contributed by atoms with Crippen molar-refractivity contribution in [3.05, 3.63) is 47.9 Å². The van der Waals surface area contributed by atoms with Gasteiger partial charge in [-0.1, -0.05) is 29.8 Å². The predicted molar refractivity (Wildman–Crippen MR) is 107 cm³/mol. The molecule has 0 atom stereocenters. The summed E-state index contributed by atoms with van der Waals surface area (Å²) in [6, 6.07) is 9.74. The molecule has 1 fully saturated rings. The monoisotopic (exact) mass is 419 g/mol. The number of rotatable bonds is 3. The van der Waals surface area contributed by atoms with E-state index < -0.39 is 28.3 Å². The minimum atomic E-state index is -3.97. The summed E-state index contributed by atoms with van der Waals surface area (Å²) >= 11 is 6.22. The fraction of sp³-hybridized carbons (Fsp3) is 0.333. The summed E-state index contributed by atoms with van der Waals surface area (Å²) in [4.78, 5) is 8.27. The summed E-state index contributed by atoms with van der Waals surface area (Å²) in [6.45, 7) is 7.61. The smallest absolute Gasteiger partial charge is 0.398 e. The maximum absolute atomic E-state index is 13.5. The molecule has 1 aliphatic heterocycles. The standard InChI is InChI=1S/C18H19BClN3O4S/c1-17(2)18(3,4)27-19(26-17)14-10-13-15(20)21-11-22-16(13)23(14)28(24,25)12-8-6-5-7-9-12/h5-11H,1-4H3. The van der Waals surface area contributed by atoms with Gasteiger partial charge < -0.3 is 9.31 Å². The van der Waals surface area contributed by atoms with Crippen LogP contribution >= 0.6 is 11.6 Å². The van der Waals surface area contributed by atoms with E-state index in [1.54, 1.807) is 24.3 Å². The summed E-state index contributed by atoms with van der Waals surface area (Å²) in [5.41, 5.74) is -0.802. The molecular weight excluding hydrogens is 401 g/mol. The molecule has 0 unspecified atom stereocenters. The van der Waals surface area contributed by atoms with Gasteiger partial charge in [-0.15, -0.1) is 0 Å². The first kappa shape index (κ1) is 19.4. The number of hydrogen-bond donors (Lipinski definition) is 0.